The van der Waals surface area contributed by atoms with Crippen LogP contribution < -0.4 is 5.32 Å². The van der Waals surface area contributed by atoms with Crippen LogP contribution in [-0.4, -0.2) is 17.0 Å². The lowest BCUT2D eigenvalue weighted by Crippen LogP contribution is -2.33. The fourth-order valence-electron chi connectivity index (χ4n) is 3.21. The lowest BCUT2D eigenvalue weighted by Gasteiger charge is -2.20. The predicted molar refractivity (Wildman–Crippen MR) is 87.1 cm³/mol. The molecule has 0 bridgehead atoms. The van der Waals surface area contributed by atoms with Crippen molar-refractivity contribution in [2.24, 2.45) is 0 Å². The number of carboxylic acid groups (broad SMARTS) is 1. The van der Waals surface area contributed by atoms with Gasteiger partial charge in [-0.25, -0.2) is 0 Å². The topological polar surface area (TPSA) is 66.4 Å². The van der Waals surface area contributed by atoms with Crippen LogP contribution in [0.3, 0.4) is 0 Å². The van der Waals surface area contributed by atoms with E-state index in [4.69, 9.17) is 5.11 Å². The number of carboxylic acids is 1. The number of carbonyl (C=O) groups is 2. The summed E-state index contributed by atoms with van der Waals surface area (Å²) in [4.78, 5) is 23.8. The van der Waals surface area contributed by atoms with Crippen molar-refractivity contribution >= 4 is 11.9 Å². The van der Waals surface area contributed by atoms with E-state index in [2.05, 4.69) is 11.4 Å². The first-order valence-electron chi connectivity index (χ1n) is 7.80. The molecule has 0 fully saturated rings. The van der Waals surface area contributed by atoms with Gasteiger partial charge in [-0.3, -0.25) is 9.59 Å². The van der Waals surface area contributed by atoms with Crippen molar-refractivity contribution in [3.63, 3.8) is 0 Å². The number of amides is 1. The molecular formula is C19H19NO3. The molecular weight excluding hydrogens is 290 g/mol. The van der Waals surface area contributed by atoms with Crippen LogP contribution in [0.25, 0.3) is 0 Å². The van der Waals surface area contributed by atoms with Crippen molar-refractivity contribution in [1.29, 1.82) is 0 Å². The molecule has 2 aromatic rings. The van der Waals surface area contributed by atoms with Crippen molar-refractivity contribution in [3.05, 3.63) is 71.3 Å². The van der Waals surface area contributed by atoms with E-state index in [1.165, 1.54) is 5.56 Å². The summed E-state index contributed by atoms with van der Waals surface area (Å²) in [7, 11) is 0. The normalized spacial score (nSPS) is 17.3. The zero-order chi connectivity index (χ0) is 16.2. The van der Waals surface area contributed by atoms with E-state index in [1.807, 2.05) is 48.5 Å². The number of carbonyl (C=O) groups excluding carboxylic acids is 1. The molecule has 0 saturated carbocycles. The Hall–Kier alpha value is -2.62. The molecule has 1 amide bonds. The number of aliphatic carboxylic acids is 1. The average molecular weight is 309 g/mol. The highest BCUT2D eigenvalue weighted by atomic mass is 16.4. The fourth-order valence-corrected chi connectivity index (χ4v) is 3.21. The van der Waals surface area contributed by atoms with Gasteiger partial charge in [-0.1, -0.05) is 54.6 Å². The summed E-state index contributed by atoms with van der Waals surface area (Å²) in [6.45, 7) is 0. The number of benzene rings is 2. The molecule has 4 nitrogen and oxygen atoms in total. The Labute approximate surface area is 135 Å². The number of hydrogen-bond donors (Lipinski definition) is 2. The van der Waals surface area contributed by atoms with Gasteiger partial charge in [-0.15, -0.1) is 0 Å². The molecule has 23 heavy (non-hydrogen) atoms. The van der Waals surface area contributed by atoms with E-state index in [0.29, 0.717) is 0 Å². The molecule has 2 unspecified atom stereocenters. The number of nitrogens with one attached hydrogen (secondary N) is 1. The number of rotatable bonds is 5. The molecule has 1 aliphatic carbocycles. The van der Waals surface area contributed by atoms with E-state index in [-0.39, 0.29) is 18.2 Å². The van der Waals surface area contributed by atoms with Gasteiger partial charge in [0.25, 0.3) is 0 Å². The third kappa shape index (κ3) is 3.42. The highest BCUT2D eigenvalue weighted by Crippen LogP contribution is 2.33. The van der Waals surface area contributed by atoms with Crippen LogP contribution in [0, 0.1) is 0 Å². The minimum absolute atomic E-state index is 0.0925. The summed E-state index contributed by atoms with van der Waals surface area (Å²) in [5.41, 5.74) is 3.09. The minimum Gasteiger partial charge on any atom is -0.481 e. The third-order valence-electron chi connectivity index (χ3n) is 4.35. The van der Waals surface area contributed by atoms with E-state index in [1.54, 1.807) is 0 Å². The zero-order valence-electron chi connectivity index (χ0n) is 12.7. The summed E-state index contributed by atoms with van der Waals surface area (Å²) in [6.07, 6.45) is 1.55. The quantitative estimate of drug-likeness (QED) is 0.892. The fraction of sp³-hybridized carbons (Fsp3) is 0.263. The molecule has 4 heteroatoms. The van der Waals surface area contributed by atoms with Crippen LogP contribution in [0.5, 0.6) is 0 Å². The van der Waals surface area contributed by atoms with Gasteiger partial charge in [-0.05, 0) is 29.5 Å². The predicted octanol–water partition coefficient (Wildman–Crippen LogP) is 3.05. The molecule has 0 heterocycles. The first-order chi connectivity index (χ1) is 11.1. The molecule has 0 saturated heterocycles. The van der Waals surface area contributed by atoms with Gasteiger partial charge >= 0.3 is 5.97 Å². The van der Waals surface area contributed by atoms with Gasteiger partial charge in [0, 0.05) is 0 Å². The summed E-state index contributed by atoms with van der Waals surface area (Å²) in [5, 5.41) is 12.1. The molecule has 2 N–H and O–H groups in total. The summed E-state index contributed by atoms with van der Waals surface area (Å²) in [6, 6.07) is 16.7. The first kappa shape index (κ1) is 15.3. The summed E-state index contributed by atoms with van der Waals surface area (Å²) < 4.78 is 0. The molecule has 3 rings (SSSR count). The molecule has 2 atom stereocenters. The molecule has 0 spiro atoms. The highest BCUT2D eigenvalue weighted by molar-refractivity contribution is 5.85. The van der Waals surface area contributed by atoms with Crippen molar-refractivity contribution in [2.45, 2.75) is 31.2 Å². The van der Waals surface area contributed by atoms with Crippen molar-refractivity contribution in [1.82, 2.24) is 5.32 Å². The van der Waals surface area contributed by atoms with Gasteiger partial charge < -0.3 is 10.4 Å². The maximum absolute atomic E-state index is 12.7. The smallest absolute Gasteiger partial charge is 0.305 e. The number of hydrogen-bond acceptors (Lipinski definition) is 2. The third-order valence-corrected chi connectivity index (χ3v) is 4.35. The van der Waals surface area contributed by atoms with Crippen LogP contribution in [0.2, 0.25) is 0 Å². The Bertz CT molecular complexity index is 712. The first-order valence-corrected chi connectivity index (χ1v) is 7.80. The van der Waals surface area contributed by atoms with Crippen molar-refractivity contribution < 1.29 is 14.7 Å². The second-order valence-corrected chi connectivity index (χ2v) is 5.86. The van der Waals surface area contributed by atoms with Gasteiger partial charge in [0.1, 0.15) is 0 Å². The second kappa shape index (κ2) is 6.65. The van der Waals surface area contributed by atoms with E-state index >= 15 is 0 Å². The molecule has 2 aromatic carbocycles. The van der Waals surface area contributed by atoms with Crippen LogP contribution in [-0.2, 0) is 16.0 Å². The van der Waals surface area contributed by atoms with Gasteiger partial charge in [0.2, 0.25) is 5.91 Å². The Morgan fingerprint density at radius 2 is 1.78 bits per heavy atom. The van der Waals surface area contributed by atoms with Crippen molar-refractivity contribution in [2.75, 3.05) is 0 Å². The lowest BCUT2D eigenvalue weighted by atomic mass is 9.98. The van der Waals surface area contributed by atoms with Gasteiger partial charge in [-0.2, -0.15) is 0 Å². The van der Waals surface area contributed by atoms with E-state index in [9.17, 15) is 9.59 Å². The molecule has 0 radical (unpaired) electrons. The summed E-state index contributed by atoms with van der Waals surface area (Å²) >= 11 is 0. The van der Waals surface area contributed by atoms with Crippen LogP contribution in [0.15, 0.2) is 54.6 Å². The van der Waals surface area contributed by atoms with Gasteiger partial charge in [0.15, 0.2) is 0 Å². The largest absolute Gasteiger partial charge is 0.481 e. The van der Waals surface area contributed by atoms with Crippen LogP contribution >= 0.6 is 0 Å². The number of aryl methyl sites for hydroxylation is 1. The van der Waals surface area contributed by atoms with Crippen LogP contribution in [0.4, 0.5) is 0 Å². The Balaban J connectivity index is 1.78. The lowest BCUT2D eigenvalue weighted by molar-refractivity contribution is -0.137. The zero-order valence-corrected chi connectivity index (χ0v) is 12.7. The Kier molecular flexibility index (Phi) is 4.42. The highest BCUT2D eigenvalue weighted by Gasteiger charge is 2.30. The molecule has 0 aromatic heterocycles. The number of fused-ring (bicyclic) bond motifs is 1. The SMILES string of the molecule is O=C(O)CC(NC(=O)C1CCc2ccccc21)c1ccccc1. The maximum Gasteiger partial charge on any atom is 0.305 e. The van der Waals surface area contributed by atoms with E-state index < -0.39 is 12.0 Å². The summed E-state index contributed by atoms with van der Waals surface area (Å²) in [5.74, 6) is -1.21. The molecule has 1 aliphatic rings. The van der Waals surface area contributed by atoms with Gasteiger partial charge in [0.05, 0.1) is 18.4 Å². The maximum atomic E-state index is 12.7. The Morgan fingerprint density at radius 1 is 1.09 bits per heavy atom. The molecule has 118 valence electrons. The Morgan fingerprint density at radius 3 is 2.52 bits per heavy atom. The monoisotopic (exact) mass is 309 g/mol. The van der Waals surface area contributed by atoms with E-state index in [0.717, 1.165) is 24.0 Å². The average Bonchev–Trinajstić information content (AvgIpc) is 2.99. The minimum atomic E-state index is -0.925. The molecule has 0 aliphatic heterocycles. The van der Waals surface area contributed by atoms with Crippen molar-refractivity contribution in [3.8, 4) is 0 Å². The second-order valence-electron chi connectivity index (χ2n) is 5.86. The standard InChI is InChI=1S/C19H19NO3/c21-18(22)12-17(14-7-2-1-3-8-14)20-19(23)16-11-10-13-6-4-5-9-15(13)16/h1-9,16-17H,10-12H2,(H,20,23)(H,21,22). The van der Waals surface area contributed by atoms with Crippen LogP contribution in [0.1, 0.15) is 41.5 Å².